The summed E-state index contributed by atoms with van der Waals surface area (Å²) in [6, 6.07) is 17.2. The summed E-state index contributed by atoms with van der Waals surface area (Å²) in [5.74, 6) is 1.06. The SMILES string of the molecule is Cc1nc2ccccc2n1-c1ccc(C(=O)N(C)[C@@H]2CCN(C3CCC3)C2)cc1. The molecule has 1 atom stereocenters. The maximum Gasteiger partial charge on any atom is 0.253 e. The quantitative estimate of drug-likeness (QED) is 0.678. The van der Waals surface area contributed by atoms with Gasteiger partial charge in [-0.2, -0.15) is 0 Å². The molecule has 0 unspecified atom stereocenters. The predicted octanol–water partition coefficient (Wildman–Crippen LogP) is 4.03. The van der Waals surface area contributed by atoms with Gasteiger partial charge in [-0.15, -0.1) is 0 Å². The zero-order valence-electron chi connectivity index (χ0n) is 17.2. The van der Waals surface area contributed by atoms with Crippen LogP contribution < -0.4 is 0 Å². The number of aryl methyl sites for hydroxylation is 1. The molecule has 2 aliphatic rings. The van der Waals surface area contributed by atoms with Gasteiger partial charge >= 0.3 is 0 Å². The topological polar surface area (TPSA) is 41.4 Å². The highest BCUT2D eigenvalue weighted by Gasteiger charge is 2.34. The molecule has 5 rings (SSSR count). The molecule has 1 amide bonds. The Morgan fingerprint density at radius 1 is 1.07 bits per heavy atom. The second-order valence-corrected chi connectivity index (χ2v) is 8.47. The number of hydrogen-bond donors (Lipinski definition) is 0. The minimum Gasteiger partial charge on any atom is -0.337 e. The average Bonchev–Trinajstić information content (AvgIpc) is 3.29. The van der Waals surface area contributed by atoms with Crippen LogP contribution in [0.3, 0.4) is 0 Å². The molecular weight excluding hydrogens is 360 g/mol. The van der Waals surface area contributed by atoms with Crippen molar-refractivity contribution in [3.8, 4) is 5.69 Å². The number of carbonyl (C=O) groups excluding carboxylic acids is 1. The Morgan fingerprint density at radius 3 is 2.55 bits per heavy atom. The fourth-order valence-electron chi connectivity index (χ4n) is 4.76. The molecule has 1 aliphatic carbocycles. The fraction of sp³-hybridized carbons (Fsp3) is 0.417. The van der Waals surface area contributed by atoms with Crippen molar-refractivity contribution in [1.82, 2.24) is 19.4 Å². The van der Waals surface area contributed by atoms with Crippen LogP contribution in [-0.2, 0) is 0 Å². The van der Waals surface area contributed by atoms with Gasteiger partial charge in [0, 0.05) is 43.5 Å². The molecule has 2 heterocycles. The molecule has 2 fully saturated rings. The normalized spacial score (nSPS) is 20.1. The highest BCUT2D eigenvalue weighted by Crippen LogP contribution is 2.29. The van der Waals surface area contributed by atoms with E-state index in [0.717, 1.165) is 53.7 Å². The van der Waals surface area contributed by atoms with Crippen molar-refractivity contribution in [3.63, 3.8) is 0 Å². The van der Waals surface area contributed by atoms with Crippen molar-refractivity contribution in [3.05, 3.63) is 59.9 Å². The van der Waals surface area contributed by atoms with Crippen LogP contribution in [0.2, 0.25) is 0 Å². The Balaban J connectivity index is 1.33. The Kier molecular flexibility index (Phi) is 4.63. The molecule has 1 aromatic heterocycles. The Morgan fingerprint density at radius 2 is 1.83 bits per heavy atom. The number of para-hydroxylation sites is 2. The maximum absolute atomic E-state index is 13.1. The first kappa shape index (κ1) is 18.4. The Labute approximate surface area is 171 Å². The number of imidazole rings is 1. The van der Waals surface area contributed by atoms with Gasteiger partial charge in [0.15, 0.2) is 0 Å². The van der Waals surface area contributed by atoms with E-state index < -0.39 is 0 Å². The third kappa shape index (κ3) is 3.23. The van der Waals surface area contributed by atoms with Crippen LogP contribution in [0.15, 0.2) is 48.5 Å². The molecule has 1 saturated carbocycles. The highest BCUT2D eigenvalue weighted by molar-refractivity contribution is 5.94. The van der Waals surface area contributed by atoms with Gasteiger partial charge in [0.2, 0.25) is 0 Å². The van der Waals surface area contributed by atoms with E-state index in [9.17, 15) is 4.79 Å². The minimum absolute atomic E-state index is 0.115. The largest absolute Gasteiger partial charge is 0.337 e. The van der Waals surface area contributed by atoms with Crippen molar-refractivity contribution in [2.24, 2.45) is 0 Å². The summed E-state index contributed by atoms with van der Waals surface area (Å²) in [5.41, 5.74) is 3.86. The molecular formula is C24H28N4O. The van der Waals surface area contributed by atoms with E-state index in [0.29, 0.717) is 6.04 Å². The number of likely N-dealkylation sites (N-methyl/N-ethyl adjacent to an activating group) is 1. The molecule has 5 heteroatoms. The van der Waals surface area contributed by atoms with Crippen LogP contribution in [0.1, 0.15) is 41.9 Å². The van der Waals surface area contributed by atoms with Crippen LogP contribution >= 0.6 is 0 Å². The van der Waals surface area contributed by atoms with E-state index in [1.54, 1.807) is 0 Å². The summed E-state index contributed by atoms with van der Waals surface area (Å²) in [6.07, 6.45) is 5.10. The number of rotatable bonds is 4. The molecule has 1 aliphatic heterocycles. The van der Waals surface area contributed by atoms with Gasteiger partial charge in [0.1, 0.15) is 5.82 Å². The van der Waals surface area contributed by atoms with Crippen molar-refractivity contribution in [2.45, 2.75) is 44.7 Å². The number of carbonyl (C=O) groups is 1. The van der Waals surface area contributed by atoms with Gasteiger partial charge in [-0.1, -0.05) is 18.6 Å². The second kappa shape index (κ2) is 7.30. The molecule has 29 heavy (non-hydrogen) atoms. The highest BCUT2D eigenvalue weighted by atomic mass is 16.2. The molecule has 0 bridgehead atoms. The number of amides is 1. The number of fused-ring (bicyclic) bond motifs is 1. The van der Waals surface area contributed by atoms with Crippen molar-refractivity contribution < 1.29 is 4.79 Å². The van der Waals surface area contributed by atoms with E-state index in [4.69, 9.17) is 0 Å². The molecule has 0 N–H and O–H groups in total. The molecule has 0 spiro atoms. The Hall–Kier alpha value is -2.66. The van der Waals surface area contributed by atoms with Crippen molar-refractivity contribution >= 4 is 16.9 Å². The van der Waals surface area contributed by atoms with Crippen LogP contribution in [-0.4, -0.2) is 57.5 Å². The number of benzene rings is 2. The van der Waals surface area contributed by atoms with E-state index in [-0.39, 0.29) is 5.91 Å². The van der Waals surface area contributed by atoms with Crippen LogP contribution in [0, 0.1) is 6.92 Å². The first-order chi connectivity index (χ1) is 14.1. The number of hydrogen-bond acceptors (Lipinski definition) is 3. The van der Waals surface area contributed by atoms with Gasteiger partial charge in [-0.05, 0) is 62.6 Å². The summed E-state index contributed by atoms with van der Waals surface area (Å²) < 4.78 is 2.14. The molecule has 5 nitrogen and oxygen atoms in total. The van der Waals surface area contributed by atoms with Crippen LogP contribution in [0.4, 0.5) is 0 Å². The van der Waals surface area contributed by atoms with E-state index >= 15 is 0 Å². The van der Waals surface area contributed by atoms with E-state index in [1.165, 1.54) is 19.3 Å². The first-order valence-corrected chi connectivity index (χ1v) is 10.7. The van der Waals surface area contributed by atoms with E-state index in [1.807, 2.05) is 61.3 Å². The zero-order chi connectivity index (χ0) is 20.0. The van der Waals surface area contributed by atoms with Crippen LogP contribution in [0.25, 0.3) is 16.7 Å². The van der Waals surface area contributed by atoms with Crippen molar-refractivity contribution in [2.75, 3.05) is 20.1 Å². The lowest BCUT2D eigenvalue weighted by atomic mass is 9.92. The maximum atomic E-state index is 13.1. The summed E-state index contributed by atoms with van der Waals surface area (Å²) in [6.45, 7) is 4.16. The second-order valence-electron chi connectivity index (χ2n) is 8.47. The molecule has 2 aromatic carbocycles. The molecule has 3 aromatic rings. The molecule has 150 valence electrons. The smallest absolute Gasteiger partial charge is 0.253 e. The van der Waals surface area contributed by atoms with Gasteiger partial charge in [0.25, 0.3) is 5.91 Å². The lowest BCUT2D eigenvalue weighted by Crippen LogP contribution is -2.43. The summed E-state index contributed by atoms with van der Waals surface area (Å²) in [5, 5.41) is 0. The monoisotopic (exact) mass is 388 g/mol. The summed E-state index contributed by atoms with van der Waals surface area (Å²) in [4.78, 5) is 22.2. The zero-order valence-corrected chi connectivity index (χ0v) is 17.2. The summed E-state index contributed by atoms with van der Waals surface area (Å²) in [7, 11) is 1.96. The molecule has 1 saturated heterocycles. The first-order valence-electron chi connectivity index (χ1n) is 10.7. The standard InChI is InChI=1S/C24H28N4O/c1-17-25-22-8-3-4-9-23(22)28(17)20-12-10-18(11-13-20)24(29)26(2)21-14-15-27(16-21)19-6-5-7-19/h3-4,8-13,19,21H,5-7,14-16H2,1-2H3/t21-/m1/s1. The number of likely N-dealkylation sites (tertiary alicyclic amines) is 1. The number of aromatic nitrogens is 2. The predicted molar refractivity (Wildman–Crippen MR) is 116 cm³/mol. The fourth-order valence-corrected chi connectivity index (χ4v) is 4.76. The lowest BCUT2D eigenvalue weighted by molar-refractivity contribution is 0.0720. The summed E-state index contributed by atoms with van der Waals surface area (Å²) >= 11 is 0. The van der Waals surface area contributed by atoms with Gasteiger partial charge in [-0.25, -0.2) is 4.98 Å². The van der Waals surface area contributed by atoms with Gasteiger partial charge < -0.3 is 4.90 Å². The average molecular weight is 389 g/mol. The lowest BCUT2D eigenvalue weighted by Gasteiger charge is -2.35. The third-order valence-corrected chi connectivity index (χ3v) is 6.75. The third-order valence-electron chi connectivity index (χ3n) is 6.75. The van der Waals surface area contributed by atoms with E-state index in [2.05, 4.69) is 20.5 Å². The van der Waals surface area contributed by atoms with Crippen LogP contribution in [0.5, 0.6) is 0 Å². The Bertz CT molecular complexity index is 1030. The van der Waals surface area contributed by atoms with Gasteiger partial charge in [0.05, 0.1) is 11.0 Å². The minimum atomic E-state index is 0.115. The van der Waals surface area contributed by atoms with Gasteiger partial charge in [-0.3, -0.25) is 14.3 Å². The van der Waals surface area contributed by atoms with Crippen molar-refractivity contribution in [1.29, 1.82) is 0 Å². The molecule has 0 radical (unpaired) electrons. The number of nitrogens with zero attached hydrogens (tertiary/aromatic N) is 4.